The van der Waals surface area contributed by atoms with E-state index in [-0.39, 0.29) is 0 Å². The fourth-order valence-electron chi connectivity index (χ4n) is 13.2. The Kier molecular flexibility index (Phi) is 12.1. The van der Waals surface area contributed by atoms with E-state index in [1.807, 2.05) is 0 Å². The van der Waals surface area contributed by atoms with Crippen LogP contribution in [0.25, 0.3) is 78.0 Å². The molecule has 0 aliphatic rings. The van der Waals surface area contributed by atoms with Crippen LogP contribution in [-0.2, 0) is 0 Å². The van der Waals surface area contributed by atoms with Crippen molar-refractivity contribution in [1.82, 2.24) is 24.1 Å². The fraction of sp³-hybridized carbons (Fsp3) is 0. The number of rotatable bonds is 12. The van der Waals surface area contributed by atoms with Crippen LogP contribution in [0.15, 0.2) is 322 Å². The molecule has 82 heavy (non-hydrogen) atoms. The Morgan fingerprint density at radius 2 is 0.634 bits per heavy atom. The molecule has 386 valence electrons. The molecule has 0 saturated heterocycles. The molecule has 0 aliphatic carbocycles. The van der Waals surface area contributed by atoms with Crippen molar-refractivity contribution >= 4 is 101 Å². The lowest BCUT2D eigenvalue weighted by Gasteiger charge is -2.34. The Hall–Kier alpha value is -10.3. The van der Waals surface area contributed by atoms with Crippen LogP contribution < -0.4 is 41.5 Å². The van der Waals surface area contributed by atoms with Gasteiger partial charge >= 0.3 is 0 Å². The minimum absolute atomic E-state index is 0.545. The molecule has 3 heterocycles. The molecule has 5 nitrogen and oxygen atoms in total. The molecule has 0 radical (unpaired) electrons. The summed E-state index contributed by atoms with van der Waals surface area (Å²) in [6, 6.07) is 117. The maximum Gasteiger partial charge on any atom is 0.238 e. The molecular weight excluding hydrogens is 1030 g/mol. The molecule has 0 saturated carbocycles. The van der Waals surface area contributed by atoms with Crippen LogP contribution >= 0.6 is 0 Å². The highest BCUT2D eigenvalue weighted by molar-refractivity contribution is 7.20. The van der Waals surface area contributed by atoms with Gasteiger partial charge in [0.25, 0.3) is 0 Å². The first-order valence-corrected chi connectivity index (χ1v) is 32.0. The van der Waals surface area contributed by atoms with Crippen molar-refractivity contribution in [3.05, 3.63) is 322 Å². The third-order valence-electron chi connectivity index (χ3n) is 16.7. The van der Waals surface area contributed by atoms with Gasteiger partial charge in [0, 0.05) is 38.4 Å². The van der Waals surface area contributed by atoms with E-state index in [1.54, 1.807) is 0 Å². The van der Waals surface area contributed by atoms with Crippen molar-refractivity contribution in [2.24, 2.45) is 0 Å². The molecule has 12 aromatic carbocycles. The highest BCUT2D eigenvalue weighted by Crippen LogP contribution is 2.42. The lowest BCUT2D eigenvalue weighted by Crippen LogP contribution is -2.74. The van der Waals surface area contributed by atoms with Crippen LogP contribution in [-0.4, -0.2) is 40.2 Å². The first-order valence-electron chi connectivity index (χ1n) is 28.0. The van der Waals surface area contributed by atoms with Gasteiger partial charge in [-0.3, -0.25) is 4.57 Å². The number of nitrogens with zero attached hydrogens (tertiary/aromatic N) is 5. The maximum absolute atomic E-state index is 5.70. The van der Waals surface area contributed by atoms with Crippen molar-refractivity contribution < 1.29 is 0 Å². The molecule has 7 heteroatoms. The van der Waals surface area contributed by atoms with Gasteiger partial charge in [-0.1, -0.05) is 291 Å². The normalized spacial score (nSPS) is 11.9. The summed E-state index contributed by atoms with van der Waals surface area (Å²) in [5, 5.41) is 14.9. The second kappa shape index (κ2) is 20.4. The third kappa shape index (κ3) is 7.85. The summed E-state index contributed by atoms with van der Waals surface area (Å²) in [6.07, 6.45) is 0. The van der Waals surface area contributed by atoms with Gasteiger partial charge in [0.2, 0.25) is 5.95 Å². The molecule has 0 amide bonds. The predicted molar refractivity (Wildman–Crippen MR) is 347 cm³/mol. The van der Waals surface area contributed by atoms with Gasteiger partial charge in [-0.05, 0) is 71.8 Å². The van der Waals surface area contributed by atoms with E-state index in [9.17, 15) is 0 Å². The van der Waals surface area contributed by atoms with Crippen molar-refractivity contribution in [3.63, 3.8) is 0 Å². The Labute approximate surface area is 478 Å². The summed E-state index contributed by atoms with van der Waals surface area (Å²) < 4.78 is 4.69. The number of fused-ring (bicyclic) bond motifs is 7. The molecule has 3 aromatic heterocycles. The Balaban J connectivity index is 1.01. The quantitative estimate of drug-likeness (QED) is 0.0905. The van der Waals surface area contributed by atoms with Crippen LogP contribution in [0.3, 0.4) is 0 Å². The van der Waals surface area contributed by atoms with E-state index in [1.165, 1.54) is 41.5 Å². The summed E-state index contributed by atoms with van der Waals surface area (Å²) in [4.78, 5) is 16.9. The molecule has 15 rings (SSSR count). The first-order chi connectivity index (χ1) is 40.7. The van der Waals surface area contributed by atoms with Crippen LogP contribution in [0, 0.1) is 0 Å². The van der Waals surface area contributed by atoms with E-state index < -0.39 is 16.1 Å². The highest BCUT2D eigenvalue weighted by atomic mass is 28.3. The van der Waals surface area contributed by atoms with Gasteiger partial charge in [0.05, 0.1) is 22.1 Å². The lowest BCUT2D eigenvalue weighted by atomic mass is 10.1. The molecule has 0 fully saturated rings. The van der Waals surface area contributed by atoms with Crippen LogP contribution in [0.2, 0.25) is 0 Å². The molecule has 0 spiro atoms. The summed E-state index contributed by atoms with van der Waals surface area (Å²) >= 11 is 0. The zero-order valence-corrected chi connectivity index (χ0v) is 46.8. The second-order valence-electron chi connectivity index (χ2n) is 21.0. The van der Waals surface area contributed by atoms with Gasteiger partial charge in [-0.2, -0.15) is 9.97 Å². The Bertz CT molecular complexity index is 4570. The van der Waals surface area contributed by atoms with Gasteiger partial charge in [-0.15, -0.1) is 0 Å². The van der Waals surface area contributed by atoms with Gasteiger partial charge < -0.3 is 4.57 Å². The monoisotopic (exact) mass is 1080 g/mol. The third-order valence-corrected chi connectivity index (χ3v) is 26.3. The number of hydrogen-bond acceptors (Lipinski definition) is 3. The summed E-state index contributed by atoms with van der Waals surface area (Å²) in [5.74, 6) is 1.73. The first kappa shape index (κ1) is 48.8. The maximum atomic E-state index is 5.70. The van der Waals surface area contributed by atoms with E-state index in [2.05, 4.69) is 331 Å². The average Bonchev–Trinajstić information content (AvgIpc) is 3.38. The zero-order valence-electron chi connectivity index (χ0n) is 44.8. The van der Waals surface area contributed by atoms with Crippen molar-refractivity contribution in [2.45, 2.75) is 0 Å². The number of benzene rings is 12. The zero-order chi connectivity index (χ0) is 54.5. The molecule has 15 aromatic rings. The van der Waals surface area contributed by atoms with Gasteiger partial charge in [-0.25, -0.2) is 4.98 Å². The molecule has 0 N–H and O–H groups in total. The van der Waals surface area contributed by atoms with Gasteiger partial charge in [0.15, 0.2) is 27.8 Å². The largest absolute Gasteiger partial charge is 0.309 e. The number of hydrogen-bond donors (Lipinski definition) is 0. The minimum Gasteiger partial charge on any atom is -0.309 e. The van der Waals surface area contributed by atoms with Crippen LogP contribution in [0.4, 0.5) is 0 Å². The SMILES string of the molecule is c1ccc(-n2c3ccccc3c3c2ccc2c4ccccc4n(-c4nc(-c5ccc([Si](c6ccccc6)(c6ccccc6)c6ccccc6)cc5)nc(-c5cccc([Si](c6ccccc6)(c6ccccc6)c6ccccc6)c5)n4)c23)cc1. The van der Waals surface area contributed by atoms with E-state index >= 15 is 0 Å². The Morgan fingerprint density at radius 1 is 0.244 bits per heavy atom. The molecular formula is C75H53N5Si2. The molecule has 0 aliphatic heterocycles. The molecule has 0 atom stereocenters. The second-order valence-corrected chi connectivity index (χ2v) is 28.7. The summed E-state index contributed by atoms with van der Waals surface area (Å²) in [6.45, 7) is 0. The van der Waals surface area contributed by atoms with E-state index in [0.717, 1.165) is 60.4 Å². The smallest absolute Gasteiger partial charge is 0.238 e. The summed E-state index contributed by atoms with van der Waals surface area (Å²) in [7, 11) is -5.78. The predicted octanol–water partition coefficient (Wildman–Crippen LogP) is 12.2. The molecule has 0 bridgehead atoms. The standard InChI is InChI=1S/C75H53N5Si2/c1-8-28-56(29-9-1)79-69-46-25-23-44-67(69)71-70(79)52-51-66-65-43-22-24-45-68(65)80(72(66)71)75-77-73(54-47-49-63(50-48-54)81(57-30-10-2-11-31-57,58-32-12-3-13-33-58)59-34-14-4-15-35-59)76-74(78-75)55-27-26-42-64(53-55)82(60-36-16-5-17-37-60,61-38-18-6-19-39-61)62-40-20-7-21-41-62/h1-53H. The minimum atomic E-state index is -2.95. The van der Waals surface area contributed by atoms with Crippen LogP contribution in [0.1, 0.15) is 0 Å². The lowest BCUT2D eigenvalue weighted by molar-refractivity contribution is 0.955. The average molecular weight is 1080 g/mol. The Morgan fingerprint density at radius 3 is 1.13 bits per heavy atom. The summed E-state index contributed by atoms with van der Waals surface area (Å²) in [5.41, 5.74) is 7.21. The number of aromatic nitrogens is 5. The van der Waals surface area contributed by atoms with E-state index in [0.29, 0.717) is 17.6 Å². The highest BCUT2D eigenvalue weighted by Gasteiger charge is 2.43. The van der Waals surface area contributed by atoms with Gasteiger partial charge in [0.1, 0.15) is 0 Å². The van der Waals surface area contributed by atoms with Crippen molar-refractivity contribution in [1.29, 1.82) is 0 Å². The molecule has 0 unspecified atom stereocenters. The van der Waals surface area contributed by atoms with Crippen molar-refractivity contribution in [3.8, 4) is 34.4 Å². The fourth-order valence-corrected chi connectivity index (χ4v) is 22.7. The van der Waals surface area contributed by atoms with Crippen molar-refractivity contribution in [2.75, 3.05) is 0 Å². The topological polar surface area (TPSA) is 48.5 Å². The number of para-hydroxylation sites is 3. The van der Waals surface area contributed by atoms with E-state index in [4.69, 9.17) is 15.0 Å². The van der Waals surface area contributed by atoms with Crippen LogP contribution in [0.5, 0.6) is 0 Å².